The third-order valence-corrected chi connectivity index (χ3v) is 4.97. The number of fused-ring (bicyclic) bond motifs is 3. The normalized spacial score (nSPS) is 20.6. The van der Waals surface area contributed by atoms with Gasteiger partial charge in [0.2, 0.25) is 0 Å². The minimum Gasteiger partial charge on any atom is -0.494 e. The molecule has 0 aliphatic carbocycles. The molecule has 3 rings (SSSR count). The van der Waals surface area contributed by atoms with Gasteiger partial charge >= 0.3 is 11.9 Å². The second-order valence-electron chi connectivity index (χ2n) is 7.48. The number of nitrogens with zero attached hydrogens (tertiary/aromatic N) is 2. The molecule has 9 heteroatoms. The van der Waals surface area contributed by atoms with Crippen LogP contribution in [-0.4, -0.2) is 91.5 Å². The first-order chi connectivity index (χ1) is 14.8. The summed E-state index contributed by atoms with van der Waals surface area (Å²) in [5, 5.41) is 15.6. The van der Waals surface area contributed by atoms with Gasteiger partial charge in [-0.2, -0.15) is 0 Å². The second kappa shape index (κ2) is 12.3. The molecular formula is C22H32N2O7. The summed E-state index contributed by atoms with van der Waals surface area (Å²) < 4.78 is 17.8. The predicted octanol–water partition coefficient (Wildman–Crippen LogP) is 1.88. The molecule has 0 saturated carbocycles. The van der Waals surface area contributed by atoms with E-state index in [1.807, 2.05) is 19.1 Å². The van der Waals surface area contributed by atoms with Crippen molar-refractivity contribution in [2.75, 3.05) is 53.6 Å². The highest BCUT2D eigenvalue weighted by Gasteiger charge is 2.36. The maximum absolute atomic E-state index is 9.55. The van der Waals surface area contributed by atoms with Crippen LogP contribution in [0, 0.1) is 0 Å². The van der Waals surface area contributed by atoms with E-state index in [1.165, 1.54) is 0 Å². The van der Waals surface area contributed by atoms with Crippen LogP contribution < -0.4 is 9.47 Å². The summed E-state index contributed by atoms with van der Waals surface area (Å²) in [6.45, 7) is 7.31. The van der Waals surface area contributed by atoms with E-state index in [0.717, 1.165) is 56.3 Å². The molecule has 2 atom stereocenters. The number of carboxylic acid groups (broad SMARTS) is 2. The summed E-state index contributed by atoms with van der Waals surface area (Å²) in [6.07, 6.45) is 2.21. The van der Waals surface area contributed by atoms with E-state index in [-0.39, 0.29) is 6.10 Å². The lowest BCUT2D eigenvalue weighted by Gasteiger charge is -2.40. The Labute approximate surface area is 182 Å². The van der Waals surface area contributed by atoms with E-state index in [1.54, 1.807) is 0 Å². The minimum absolute atomic E-state index is 0.0964. The van der Waals surface area contributed by atoms with Gasteiger partial charge in [-0.05, 0) is 39.6 Å². The number of carboxylic acids is 2. The standard InChI is InChI=1S/C18H28N2O3.C4H4O4/c1-4-21-14-5-6-15-17(13-14)22-11-7-16-18(15)23-12-10-20(16)9-8-19(2)3;5-3(6)1-2-4(7)8/h5-6,13,16,18H,4,7-12H2,1-3H3;1-2H,(H,5,6)(H,7,8)/t16-,18-;/m0./s1. The van der Waals surface area contributed by atoms with Crippen molar-refractivity contribution in [1.82, 2.24) is 9.80 Å². The van der Waals surface area contributed by atoms with Crippen LogP contribution in [0.1, 0.15) is 25.0 Å². The fourth-order valence-electron chi connectivity index (χ4n) is 3.57. The van der Waals surface area contributed by atoms with Crippen molar-refractivity contribution in [3.8, 4) is 11.5 Å². The van der Waals surface area contributed by atoms with Crippen LogP contribution in [0.2, 0.25) is 0 Å². The number of aliphatic carboxylic acids is 2. The first kappa shape index (κ1) is 24.6. The minimum atomic E-state index is -1.26. The zero-order chi connectivity index (χ0) is 22.8. The highest BCUT2D eigenvalue weighted by molar-refractivity contribution is 5.89. The highest BCUT2D eigenvalue weighted by atomic mass is 16.5. The average molecular weight is 437 g/mol. The van der Waals surface area contributed by atoms with E-state index in [2.05, 4.69) is 30.0 Å². The Hall–Kier alpha value is -2.62. The van der Waals surface area contributed by atoms with E-state index in [9.17, 15) is 9.59 Å². The highest BCUT2D eigenvalue weighted by Crippen LogP contribution is 2.39. The zero-order valence-corrected chi connectivity index (χ0v) is 18.3. The first-order valence-corrected chi connectivity index (χ1v) is 10.4. The molecule has 0 spiro atoms. The van der Waals surface area contributed by atoms with Crippen LogP contribution >= 0.6 is 0 Å². The number of likely N-dealkylation sites (N-methyl/N-ethyl adjacent to an activating group) is 1. The molecule has 2 aliphatic heterocycles. The predicted molar refractivity (Wildman–Crippen MR) is 115 cm³/mol. The van der Waals surface area contributed by atoms with Crippen LogP contribution in [0.15, 0.2) is 30.4 Å². The summed E-state index contributed by atoms with van der Waals surface area (Å²) in [4.78, 5) is 23.9. The lowest BCUT2D eigenvalue weighted by Crippen LogP contribution is -2.49. The van der Waals surface area contributed by atoms with Gasteiger partial charge in [-0.15, -0.1) is 0 Å². The molecular weight excluding hydrogens is 404 g/mol. The molecule has 1 aromatic carbocycles. The summed E-state index contributed by atoms with van der Waals surface area (Å²) >= 11 is 0. The number of ether oxygens (including phenoxy) is 3. The third kappa shape index (κ3) is 7.86. The summed E-state index contributed by atoms with van der Waals surface area (Å²) in [5.74, 6) is -0.734. The summed E-state index contributed by atoms with van der Waals surface area (Å²) in [7, 11) is 4.25. The van der Waals surface area contributed by atoms with Crippen molar-refractivity contribution in [3.05, 3.63) is 35.9 Å². The molecule has 0 unspecified atom stereocenters. The smallest absolute Gasteiger partial charge is 0.328 e. The summed E-state index contributed by atoms with van der Waals surface area (Å²) in [5.41, 5.74) is 1.16. The zero-order valence-electron chi connectivity index (χ0n) is 18.3. The molecule has 2 aliphatic rings. The molecule has 1 aromatic rings. The van der Waals surface area contributed by atoms with Crippen molar-refractivity contribution in [2.24, 2.45) is 0 Å². The fourth-order valence-corrected chi connectivity index (χ4v) is 3.57. The fraction of sp³-hybridized carbons (Fsp3) is 0.545. The first-order valence-electron chi connectivity index (χ1n) is 10.4. The Balaban J connectivity index is 0.000000366. The molecule has 9 nitrogen and oxygen atoms in total. The maximum Gasteiger partial charge on any atom is 0.328 e. The lowest BCUT2D eigenvalue weighted by atomic mass is 9.97. The molecule has 0 bridgehead atoms. The number of morpholine rings is 1. The number of hydrogen-bond donors (Lipinski definition) is 2. The van der Waals surface area contributed by atoms with Crippen LogP contribution in [0.4, 0.5) is 0 Å². The Kier molecular flexibility index (Phi) is 9.77. The largest absolute Gasteiger partial charge is 0.494 e. The van der Waals surface area contributed by atoms with Crippen molar-refractivity contribution in [3.63, 3.8) is 0 Å². The Morgan fingerprint density at radius 3 is 2.55 bits per heavy atom. The molecule has 31 heavy (non-hydrogen) atoms. The Morgan fingerprint density at radius 2 is 1.94 bits per heavy atom. The molecule has 0 radical (unpaired) electrons. The van der Waals surface area contributed by atoms with Crippen LogP contribution in [0.25, 0.3) is 0 Å². The van der Waals surface area contributed by atoms with E-state index in [4.69, 9.17) is 24.4 Å². The molecule has 2 N–H and O–H groups in total. The third-order valence-electron chi connectivity index (χ3n) is 4.97. The van der Waals surface area contributed by atoms with Gasteiger partial charge in [-0.25, -0.2) is 9.59 Å². The lowest BCUT2D eigenvalue weighted by molar-refractivity contribution is -0.134. The second-order valence-corrected chi connectivity index (χ2v) is 7.48. The maximum atomic E-state index is 9.55. The van der Waals surface area contributed by atoms with E-state index in [0.29, 0.717) is 24.8 Å². The molecule has 0 amide bonds. The average Bonchev–Trinajstić information content (AvgIpc) is 2.90. The summed E-state index contributed by atoms with van der Waals surface area (Å²) in [6, 6.07) is 6.53. The van der Waals surface area contributed by atoms with E-state index < -0.39 is 11.9 Å². The number of rotatable bonds is 7. The van der Waals surface area contributed by atoms with Gasteiger partial charge in [-0.3, -0.25) is 4.90 Å². The van der Waals surface area contributed by atoms with Crippen molar-refractivity contribution in [1.29, 1.82) is 0 Å². The quantitative estimate of drug-likeness (QED) is 0.619. The Morgan fingerprint density at radius 1 is 1.23 bits per heavy atom. The van der Waals surface area contributed by atoms with Crippen molar-refractivity contribution in [2.45, 2.75) is 25.5 Å². The van der Waals surface area contributed by atoms with Crippen LogP contribution in [0.5, 0.6) is 11.5 Å². The van der Waals surface area contributed by atoms with Gasteiger partial charge in [0.1, 0.15) is 17.6 Å². The van der Waals surface area contributed by atoms with Gasteiger partial charge in [0.05, 0.1) is 19.8 Å². The number of benzene rings is 1. The van der Waals surface area contributed by atoms with Gasteiger partial charge in [0.25, 0.3) is 0 Å². The molecule has 2 heterocycles. The van der Waals surface area contributed by atoms with E-state index >= 15 is 0 Å². The van der Waals surface area contributed by atoms with Gasteiger partial charge in [-0.1, -0.05) is 0 Å². The van der Waals surface area contributed by atoms with Gasteiger partial charge < -0.3 is 29.3 Å². The Bertz CT molecular complexity index is 750. The molecule has 1 saturated heterocycles. The van der Waals surface area contributed by atoms with Crippen LogP contribution in [0.3, 0.4) is 0 Å². The number of hydrogen-bond acceptors (Lipinski definition) is 7. The monoisotopic (exact) mass is 436 g/mol. The number of carbonyl (C=O) groups is 2. The SMILES string of the molecule is CCOc1ccc2c(c1)OCC[C@H]1[C@H]2OCCN1CCN(C)C.O=C(O)C=CC(=O)O. The van der Waals surface area contributed by atoms with Crippen LogP contribution in [-0.2, 0) is 14.3 Å². The van der Waals surface area contributed by atoms with Crippen molar-refractivity contribution < 1.29 is 34.0 Å². The molecule has 172 valence electrons. The van der Waals surface area contributed by atoms with Gasteiger partial charge in [0.15, 0.2) is 0 Å². The molecule has 1 fully saturated rings. The topological polar surface area (TPSA) is 109 Å². The van der Waals surface area contributed by atoms with Crippen molar-refractivity contribution >= 4 is 11.9 Å². The van der Waals surface area contributed by atoms with Gasteiger partial charge in [0, 0.05) is 49.5 Å². The molecule has 0 aromatic heterocycles.